The maximum atomic E-state index is 11.8. The molecule has 0 atom stereocenters. The second-order valence-electron chi connectivity index (χ2n) is 4.40. The fourth-order valence-electron chi connectivity index (χ4n) is 1.76. The van der Waals surface area contributed by atoms with Gasteiger partial charge in [0.15, 0.2) is 3.70 Å². The molecule has 1 amide bonds. The van der Waals surface area contributed by atoms with Crippen molar-refractivity contribution in [3.05, 3.63) is 27.4 Å². The minimum Gasteiger partial charge on any atom is -0.460 e. The number of aryl methyl sites for hydroxylation is 1. The Morgan fingerprint density at radius 1 is 1.45 bits per heavy atom. The molecule has 0 aromatic carbocycles. The van der Waals surface area contributed by atoms with Gasteiger partial charge in [0.25, 0.3) is 0 Å². The largest absolute Gasteiger partial charge is 0.460 e. The summed E-state index contributed by atoms with van der Waals surface area (Å²) in [6.07, 6.45) is 1.54. The maximum Gasteiger partial charge on any atom is 0.377 e. The van der Waals surface area contributed by atoms with Crippen LogP contribution in [0.2, 0.25) is 0 Å². The van der Waals surface area contributed by atoms with Gasteiger partial charge in [-0.25, -0.2) is 9.78 Å². The zero-order valence-corrected chi connectivity index (χ0v) is 14.4. The first-order chi connectivity index (χ1) is 10.4. The van der Waals surface area contributed by atoms with Gasteiger partial charge in [-0.3, -0.25) is 9.78 Å². The number of anilines is 1. The molecule has 0 unspecified atom stereocenters. The van der Waals surface area contributed by atoms with Crippen molar-refractivity contribution in [1.29, 1.82) is 0 Å². The van der Waals surface area contributed by atoms with E-state index < -0.39 is 5.97 Å². The average Bonchev–Trinajstić information content (AvgIpc) is 2.82. The van der Waals surface area contributed by atoms with E-state index in [0.717, 1.165) is 0 Å². The highest BCUT2D eigenvalue weighted by Gasteiger charge is 2.21. The first-order valence-electron chi connectivity index (χ1n) is 6.50. The molecule has 0 radical (unpaired) electrons. The quantitative estimate of drug-likeness (QED) is 0.610. The Labute approximate surface area is 140 Å². The molecule has 0 fully saturated rings. The molecule has 116 valence electrons. The summed E-state index contributed by atoms with van der Waals surface area (Å²) in [6, 6.07) is 1.70. The number of aromatic nitrogens is 2. The second-order valence-corrected chi connectivity index (χ2v) is 5.42. The van der Waals surface area contributed by atoms with Crippen molar-refractivity contribution in [3.8, 4) is 11.5 Å². The van der Waals surface area contributed by atoms with E-state index in [4.69, 9.17) is 9.15 Å². The number of nitrogens with zero attached hydrogens (tertiary/aromatic N) is 2. The summed E-state index contributed by atoms with van der Waals surface area (Å²) in [5.74, 6) is -0.452. The number of ether oxygens (including phenoxy) is 1. The lowest BCUT2D eigenvalue weighted by molar-refractivity contribution is -0.114. The molecule has 0 bridgehead atoms. The van der Waals surface area contributed by atoms with Gasteiger partial charge in [0.05, 0.1) is 29.7 Å². The number of rotatable bonds is 4. The van der Waals surface area contributed by atoms with Gasteiger partial charge in [-0.1, -0.05) is 0 Å². The lowest BCUT2D eigenvalue weighted by atomic mass is 10.2. The van der Waals surface area contributed by atoms with E-state index in [1.54, 1.807) is 26.1 Å². The number of oxazole rings is 1. The van der Waals surface area contributed by atoms with Crippen LogP contribution in [0.25, 0.3) is 11.5 Å². The van der Waals surface area contributed by atoms with Crippen molar-refractivity contribution in [2.45, 2.75) is 20.8 Å². The van der Waals surface area contributed by atoms with Crippen LogP contribution in [0, 0.1) is 10.6 Å². The van der Waals surface area contributed by atoms with E-state index in [1.165, 1.54) is 6.92 Å². The molecule has 2 aromatic rings. The summed E-state index contributed by atoms with van der Waals surface area (Å²) < 4.78 is 10.8. The van der Waals surface area contributed by atoms with Crippen LogP contribution >= 0.6 is 22.6 Å². The fourth-order valence-corrected chi connectivity index (χ4v) is 2.31. The van der Waals surface area contributed by atoms with Gasteiger partial charge in [-0.05, 0) is 42.5 Å². The summed E-state index contributed by atoms with van der Waals surface area (Å²) in [5.41, 5.74) is 1.79. The van der Waals surface area contributed by atoms with Crippen molar-refractivity contribution in [2.75, 3.05) is 11.9 Å². The van der Waals surface area contributed by atoms with E-state index in [1.807, 2.05) is 22.6 Å². The fraction of sp³-hybridized carbons (Fsp3) is 0.286. The summed E-state index contributed by atoms with van der Waals surface area (Å²) in [5, 5.41) is 2.64. The standard InChI is InChI=1S/C14H14IN3O4/c1-4-21-14(20)11-12(15)18-13(22-11)10-5-9(17-8(3)19)6-16-7(10)2/h5-6H,4H2,1-3H3,(H,17,19). The molecule has 0 aliphatic carbocycles. The monoisotopic (exact) mass is 415 g/mol. The zero-order chi connectivity index (χ0) is 16.3. The Hall–Kier alpha value is -1.97. The van der Waals surface area contributed by atoms with Gasteiger partial charge >= 0.3 is 5.97 Å². The summed E-state index contributed by atoms with van der Waals surface area (Å²) >= 11 is 1.91. The number of esters is 1. The first kappa shape index (κ1) is 16.4. The van der Waals surface area contributed by atoms with E-state index in [2.05, 4.69) is 15.3 Å². The van der Waals surface area contributed by atoms with Crippen LogP contribution in [0.15, 0.2) is 16.7 Å². The van der Waals surface area contributed by atoms with Crippen LogP contribution in [-0.4, -0.2) is 28.5 Å². The average molecular weight is 415 g/mol. The Kier molecular flexibility index (Phi) is 5.11. The van der Waals surface area contributed by atoms with Crippen molar-refractivity contribution >= 4 is 40.2 Å². The minimum absolute atomic E-state index is 0.0572. The molecule has 0 aliphatic rings. The predicted molar refractivity (Wildman–Crippen MR) is 87.4 cm³/mol. The highest BCUT2D eigenvalue weighted by molar-refractivity contribution is 14.1. The molecule has 22 heavy (non-hydrogen) atoms. The Bertz CT molecular complexity index is 727. The molecule has 8 heteroatoms. The number of hydrogen-bond acceptors (Lipinski definition) is 6. The van der Waals surface area contributed by atoms with E-state index >= 15 is 0 Å². The van der Waals surface area contributed by atoms with Gasteiger partial charge in [-0.15, -0.1) is 0 Å². The van der Waals surface area contributed by atoms with Gasteiger partial charge < -0.3 is 14.5 Å². The molecule has 2 heterocycles. The van der Waals surface area contributed by atoms with Gasteiger partial charge in [0, 0.05) is 6.92 Å². The van der Waals surface area contributed by atoms with Crippen LogP contribution in [0.1, 0.15) is 30.1 Å². The Morgan fingerprint density at radius 2 is 2.18 bits per heavy atom. The second kappa shape index (κ2) is 6.86. The number of carbonyl (C=O) groups is 2. The number of halogens is 1. The molecule has 0 saturated heterocycles. The molecule has 2 rings (SSSR count). The summed E-state index contributed by atoms with van der Waals surface area (Å²) in [7, 11) is 0. The van der Waals surface area contributed by atoms with E-state index in [0.29, 0.717) is 20.6 Å². The Balaban J connectivity index is 2.41. The third kappa shape index (κ3) is 3.62. The van der Waals surface area contributed by atoms with Crippen molar-refractivity contribution in [3.63, 3.8) is 0 Å². The summed E-state index contributed by atoms with van der Waals surface area (Å²) in [6.45, 7) is 5.16. The van der Waals surface area contributed by atoms with Gasteiger partial charge in [0.1, 0.15) is 0 Å². The number of amides is 1. The van der Waals surface area contributed by atoms with Crippen LogP contribution in [-0.2, 0) is 9.53 Å². The van der Waals surface area contributed by atoms with Crippen LogP contribution in [0.5, 0.6) is 0 Å². The van der Waals surface area contributed by atoms with Crippen LogP contribution in [0.3, 0.4) is 0 Å². The SMILES string of the molecule is CCOC(=O)c1oc(-c2cc(NC(C)=O)cnc2C)nc1I. The number of nitrogens with one attached hydrogen (secondary N) is 1. The molecule has 0 spiro atoms. The molecule has 0 saturated carbocycles. The van der Waals surface area contributed by atoms with E-state index in [9.17, 15) is 9.59 Å². The lowest BCUT2D eigenvalue weighted by Crippen LogP contribution is -2.06. The van der Waals surface area contributed by atoms with Crippen molar-refractivity contribution in [1.82, 2.24) is 9.97 Å². The molecule has 0 aliphatic heterocycles. The molecular weight excluding hydrogens is 401 g/mol. The zero-order valence-electron chi connectivity index (χ0n) is 12.3. The number of carbonyl (C=O) groups excluding carboxylic acids is 2. The normalized spacial score (nSPS) is 10.4. The molecular formula is C14H14IN3O4. The Morgan fingerprint density at radius 3 is 2.82 bits per heavy atom. The van der Waals surface area contributed by atoms with Gasteiger partial charge in [-0.2, -0.15) is 0 Å². The third-order valence-corrected chi connectivity index (χ3v) is 3.42. The predicted octanol–water partition coefficient (Wildman–Crippen LogP) is 2.78. The van der Waals surface area contributed by atoms with Crippen LogP contribution in [0.4, 0.5) is 5.69 Å². The third-order valence-electron chi connectivity index (χ3n) is 2.68. The molecule has 7 nitrogen and oxygen atoms in total. The number of pyridine rings is 1. The molecule has 2 aromatic heterocycles. The highest BCUT2D eigenvalue weighted by atomic mass is 127. The van der Waals surface area contributed by atoms with E-state index in [-0.39, 0.29) is 24.2 Å². The maximum absolute atomic E-state index is 11.8. The van der Waals surface area contributed by atoms with Crippen molar-refractivity contribution < 1.29 is 18.7 Å². The number of hydrogen-bond donors (Lipinski definition) is 1. The van der Waals surface area contributed by atoms with Gasteiger partial charge in [0.2, 0.25) is 17.6 Å². The topological polar surface area (TPSA) is 94.3 Å². The molecule has 1 N–H and O–H groups in total. The summed E-state index contributed by atoms with van der Waals surface area (Å²) in [4.78, 5) is 31.3. The highest BCUT2D eigenvalue weighted by Crippen LogP contribution is 2.27. The minimum atomic E-state index is -0.561. The lowest BCUT2D eigenvalue weighted by Gasteiger charge is -2.05. The van der Waals surface area contributed by atoms with Crippen LogP contribution < -0.4 is 5.32 Å². The van der Waals surface area contributed by atoms with Crippen molar-refractivity contribution in [2.24, 2.45) is 0 Å². The smallest absolute Gasteiger partial charge is 0.377 e. The first-order valence-corrected chi connectivity index (χ1v) is 7.58.